The van der Waals surface area contributed by atoms with E-state index in [1.165, 1.54) is 18.7 Å². The van der Waals surface area contributed by atoms with Crippen molar-refractivity contribution < 1.29 is 33.3 Å². The quantitative estimate of drug-likeness (QED) is 0.499. The van der Waals surface area contributed by atoms with Gasteiger partial charge in [-0.05, 0) is 18.4 Å². The Labute approximate surface area is 195 Å². The van der Waals surface area contributed by atoms with Crippen molar-refractivity contribution in [3.05, 3.63) is 71.3 Å². The molecule has 0 bridgehead atoms. The minimum Gasteiger partial charge on any atom is -0.457 e. The molecule has 2 fully saturated rings. The van der Waals surface area contributed by atoms with Gasteiger partial charge in [0.1, 0.15) is 23.7 Å². The lowest BCUT2D eigenvalue weighted by Gasteiger charge is -2.50. The van der Waals surface area contributed by atoms with Gasteiger partial charge in [-0.3, -0.25) is 19.3 Å². The van der Waals surface area contributed by atoms with Crippen molar-refractivity contribution in [1.29, 1.82) is 0 Å². The highest BCUT2D eigenvalue weighted by molar-refractivity contribution is 7.99. The molecule has 0 aromatic heterocycles. The first kappa shape index (κ1) is 22.1. The van der Waals surface area contributed by atoms with Crippen LogP contribution < -0.4 is 0 Å². The van der Waals surface area contributed by atoms with Crippen LogP contribution in [0.15, 0.2) is 54.6 Å². The molecule has 3 heterocycles. The monoisotopic (exact) mass is 469 g/mol. The van der Waals surface area contributed by atoms with E-state index in [9.17, 15) is 14.4 Å². The van der Waals surface area contributed by atoms with Gasteiger partial charge in [-0.1, -0.05) is 42.5 Å². The Bertz CT molecular complexity index is 1040. The summed E-state index contributed by atoms with van der Waals surface area (Å²) in [7, 11) is 0. The zero-order valence-electron chi connectivity index (χ0n) is 18.1. The summed E-state index contributed by atoms with van der Waals surface area (Å²) in [6.07, 6.45) is -1.05. The summed E-state index contributed by atoms with van der Waals surface area (Å²) >= 11 is 1.34. The van der Waals surface area contributed by atoms with E-state index in [0.29, 0.717) is 11.1 Å². The van der Waals surface area contributed by atoms with E-state index in [0.717, 1.165) is 10.5 Å². The number of carbonyl (C=O) groups excluding carboxylic acids is 3. The molecule has 2 aromatic rings. The lowest BCUT2D eigenvalue weighted by molar-refractivity contribution is -0.311. The van der Waals surface area contributed by atoms with Crippen molar-refractivity contribution in [1.82, 2.24) is 4.90 Å². The Morgan fingerprint density at radius 1 is 1.00 bits per heavy atom. The van der Waals surface area contributed by atoms with Gasteiger partial charge >= 0.3 is 5.97 Å². The number of esters is 1. The molecule has 2 saturated heterocycles. The molecule has 0 saturated carbocycles. The average Bonchev–Trinajstić information content (AvgIpc) is 3.09. The molecule has 33 heavy (non-hydrogen) atoms. The third kappa shape index (κ3) is 3.85. The topological polar surface area (TPSA) is 91.4 Å². The van der Waals surface area contributed by atoms with Crippen molar-refractivity contribution in [2.24, 2.45) is 0 Å². The van der Waals surface area contributed by atoms with Crippen LogP contribution in [0.2, 0.25) is 0 Å². The van der Waals surface area contributed by atoms with Crippen LogP contribution in [-0.2, 0) is 23.7 Å². The third-order valence-corrected chi connectivity index (χ3v) is 6.89. The van der Waals surface area contributed by atoms with Gasteiger partial charge in [-0.15, -0.1) is 11.8 Å². The van der Waals surface area contributed by atoms with Crippen molar-refractivity contribution >= 4 is 29.5 Å². The van der Waals surface area contributed by atoms with E-state index in [4.69, 9.17) is 18.9 Å². The van der Waals surface area contributed by atoms with Gasteiger partial charge in [0.15, 0.2) is 12.4 Å². The molecule has 3 aliphatic heterocycles. The molecule has 2 amide bonds. The summed E-state index contributed by atoms with van der Waals surface area (Å²) in [5.74, 6) is -1.41. The lowest BCUT2D eigenvalue weighted by atomic mass is 9.95. The predicted molar refractivity (Wildman–Crippen MR) is 118 cm³/mol. The van der Waals surface area contributed by atoms with Gasteiger partial charge in [0.05, 0.1) is 17.7 Å². The van der Waals surface area contributed by atoms with Crippen LogP contribution >= 0.6 is 11.8 Å². The molecule has 2 aromatic carbocycles. The number of hydrogen-bond acceptors (Lipinski definition) is 8. The van der Waals surface area contributed by atoms with Crippen molar-refractivity contribution in [2.75, 3.05) is 12.9 Å². The van der Waals surface area contributed by atoms with Crippen molar-refractivity contribution in [3.8, 4) is 0 Å². The summed E-state index contributed by atoms with van der Waals surface area (Å²) in [5.41, 5.74) is 0.822. The van der Waals surface area contributed by atoms with E-state index in [1.807, 2.05) is 36.6 Å². The molecule has 0 radical (unpaired) electrons. The Morgan fingerprint density at radius 3 is 2.24 bits per heavy atom. The van der Waals surface area contributed by atoms with E-state index in [1.54, 1.807) is 24.3 Å². The average molecular weight is 470 g/mol. The Hall–Kier alpha value is -2.72. The van der Waals surface area contributed by atoms with E-state index in [-0.39, 0.29) is 6.61 Å². The second kappa shape index (κ2) is 8.90. The number of fused-ring (bicyclic) bond motifs is 2. The minimum absolute atomic E-state index is 0.216. The van der Waals surface area contributed by atoms with Gasteiger partial charge in [0, 0.05) is 12.5 Å². The fourth-order valence-electron chi connectivity index (χ4n) is 4.61. The van der Waals surface area contributed by atoms with Gasteiger partial charge < -0.3 is 18.9 Å². The summed E-state index contributed by atoms with van der Waals surface area (Å²) in [5, 5.41) is 0. The standard InChI is InChI=1S/C24H23NO7S/c1-13(26)30-20-18(25-21(27)15-10-6-7-11-16(15)22(25)28)24(33-2)31-17-12-29-23(32-19(17)20)14-8-4-3-5-9-14/h3-11,17-20,23-24H,12H2,1-2H3/t17-,18-,19+,20-,23-,24+/m1/s1. The summed E-state index contributed by atoms with van der Waals surface area (Å²) in [4.78, 5) is 39.8. The molecule has 172 valence electrons. The summed E-state index contributed by atoms with van der Waals surface area (Å²) < 4.78 is 24.1. The Balaban J connectivity index is 1.52. The lowest BCUT2D eigenvalue weighted by Crippen LogP contribution is -2.67. The van der Waals surface area contributed by atoms with Gasteiger partial charge in [-0.25, -0.2) is 0 Å². The molecule has 0 spiro atoms. The number of benzene rings is 2. The second-order valence-electron chi connectivity index (χ2n) is 8.05. The minimum atomic E-state index is -0.920. The van der Waals surface area contributed by atoms with Crippen LogP contribution in [0.25, 0.3) is 0 Å². The van der Waals surface area contributed by atoms with E-state index in [2.05, 4.69) is 0 Å². The zero-order chi connectivity index (χ0) is 23.1. The van der Waals surface area contributed by atoms with Crippen molar-refractivity contribution in [3.63, 3.8) is 0 Å². The highest BCUT2D eigenvalue weighted by atomic mass is 32.2. The Morgan fingerprint density at radius 2 is 1.64 bits per heavy atom. The SMILES string of the molecule is CS[C@@H]1O[C@@H]2CO[C@@H](c3ccccc3)O[C@@H]2[C@H](OC(C)=O)[C@H]1N1C(=O)c2ccccc2C1=O. The number of thioether (sulfide) groups is 1. The second-order valence-corrected chi connectivity index (χ2v) is 8.98. The number of hydrogen-bond donors (Lipinski definition) is 0. The third-order valence-electron chi connectivity index (χ3n) is 6.04. The molecule has 3 aliphatic rings. The van der Waals surface area contributed by atoms with Crippen LogP contribution in [-0.4, -0.2) is 65.3 Å². The molecule has 0 N–H and O–H groups in total. The summed E-state index contributed by atoms with van der Waals surface area (Å²) in [6.45, 7) is 1.51. The molecular weight excluding hydrogens is 446 g/mol. The highest BCUT2D eigenvalue weighted by Crippen LogP contribution is 2.41. The maximum atomic E-state index is 13.3. The molecule has 8 nitrogen and oxygen atoms in total. The van der Waals surface area contributed by atoms with Gasteiger partial charge in [-0.2, -0.15) is 0 Å². The fourth-order valence-corrected chi connectivity index (χ4v) is 5.42. The molecule has 0 unspecified atom stereocenters. The molecule has 5 rings (SSSR count). The first-order chi connectivity index (χ1) is 16.0. The normalized spacial score (nSPS) is 31.2. The van der Waals surface area contributed by atoms with Crippen molar-refractivity contribution in [2.45, 2.75) is 43.0 Å². The number of nitrogens with zero attached hydrogens (tertiary/aromatic N) is 1. The maximum absolute atomic E-state index is 13.3. The molecule has 0 aliphatic carbocycles. The number of carbonyl (C=O) groups is 3. The van der Waals surface area contributed by atoms with E-state index < -0.39 is 53.9 Å². The predicted octanol–water partition coefficient (Wildman–Crippen LogP) is 2.79. The fraction of sp³-hybridized carbons (Fsp3) is 0.375. The largest absolute Gasteiger partial charge is 0.457 e. The van der Waals surface area contributed by atoms with Gasteiger partial charge in [0.25, 0.3) is 11.8 Å². The van der Waals surface area contributed by atoms with Crippen LogP contribution in [0.5, 0.6) is 0 Å². The van der Waals surface area contributed by atoms with E-state index >= 15 is 0 Å². The first-order valence-electron chi connectivity index (χ1n) is 10.6. The summed E-state index contributed by atoms with van der Waals surface area (Å²) in [6, 6.07) is 15.2. The smallest absolute Gasteiger partial charge is 0.303 e. The Kier molecular flexibility index (Phi) is 5.96. The highest BCUT2D eigenvalue weighted by Gasteiger charge is 2.57. The number of imide groups is 1. The van der Waals surface area contributed by atoms with Crippen LogP contribution in [0.4, 0.5) is 0 Å². The van der Waals surface area contributed by atoms with Crippen LogP contribution in [0.3, 0.4) is 0 Å². The first-order valence-corrected chi connectivity index (χ1v) is 11.9. The zero-order valence-corrected chi connectivity index (χ0v) is 18.9. The molecular formula is C24H23NO7S. The number of ether oxygens (including phenoxy) is 4. The number of rotatable bonds is 4. The van der Waals surface area contributed by atoms with Crippen LogP contribution in [0.1, 0.15) is 39.5 Å². The van der Waals surface area contributed by atoms with Gasteiger partial charge in [0.2, 0.25) is 0 Å². The molecule has 6 atom stereocenters. The number of amides is 2. The van der Waals surface area contributed by atoms with Crippen LogP contribution in [0, 0.1) is 0 Å². The maximum Gasteiger partial charge on any atom is 0.303 e. The molecule has 9 heteroatoms.